The van der Waals surface area contributed by atoms with Crippen molar-refractivity contribution in [3.05, 3.63) is 69.9 Å². The van der Waals surface area contributed by atoms with Gasteiger partial charge >= 0.3 is 5.97 Å². The number of anilines is 1. The zero-order valence-corrected chi connectivity index (χ0v) is 17.2. The minimum atomic E-state index is -0.564. The van der Waals surface area contributed by atoms with Crippen molar-refractivity contribution in [1.82, 2.24) is 9.97 Å². The van der Waals surface area contributed by atoms with Crippen molar-refractivity contribution in [2.24, 2.45) is 0 Å². The molecule has 154 valence electrons. The number of esters is 1. The molecule has 0 atom stereocenters. The molecule has 0 saturated heterocycles. The first-order valence-electron chi connectivity index (χ1n) is 9.40. The van der Waals surface area contributed by atoms with E-state index in [2.05, 4.69) is 9.97 Å². The Hall–Kier alpha value is -3.81. The molecule has 1 heterocycles. The van der Waals surface area contributed by atoms with Gasteiger partial charge in [0.2, 0.25) is 0 Å². The summed E-state index contributed by atoms with van der Waals surface area (Å²) in [5, 5.41) is 11.2. The third kappa shape index (κ3) is 4.27. The zero-order chi connectivity index (χ0) is 21.8. The van der Waals surface area contributed by atoms with E-state index >= 15 is 0 Å². The Morgan fingerprint density at radius 3 is 2.40 bits per heavy atom. The summed E-state index contributed by atoms with van der Waals surface area (Å²) >= 11 is 0. The predicted molar refractivity (Wildman–Crippen MR) is 115 cm³/mol. The van der Waals surface area contributed by atoms with Gasteiger partial charge < -0.3 is 9.64 Å². The topological polar surface area (TPSA) is 98.5 Å². The third-order valence-electron chi connectivity index (χ3n) is 4.54. The molecular formula is C22H22N4O4. The van der Waals surface area contributed by atoms with Crippen LogP contribution in [-0.4, -0.2) is 41.6 Å². The van der Waals surface area contributed by atoms with Crippen LogP contribution >= 0.6 is 0 Å². The standard InChI is InChI=1S/C22H22N4O4/c1-5-30-22(27)19-14(2)23-21(15-9-11-17(12-10-15)25(3)4)24-20(19)16-7-6-8-18(13-16)26(28)29/h6-13H,5H2,1-4H3. The van der Waals surface area contributed by atoms with Crippen LogP contribution in [0.5, 0.6) is 0 Å². The molecule has 2 aromatic carbocycles. The normalized spacial score (nSPS) is 10.5. The highest BCUT2D eigenvalue weighted by atomic mass is 16.6. The van der Waals surface area contributed by atoms with Crippen molar-refractivity contribution in [3.63, 3.8) is 0 Å². The van der Waals surface area contributed by atoms with Crippen LogP contribution in [0.15, 0.2) is 48.5 Å². The fourth-order valence-electron chi connectivity index (χ4n) is 3.03. The second-order valence-corrected chi connectivity index (χ2v) is 6.83. The van der Waals surface area contributed by atoms with Crippen LogP contribution in [0.4, 0.5) is 11.4 Å². The van der Waals surface area contributed by atoms with Gasteiger partial charge in [0.1, 0.15) is 5.56 Å². The van der Waals surface area contributed by atoms with Gasteiger partial charge in [0, 0.05) is 43.0 Å². The number of nitro benzene ring substituents is 1. The maximum Gasteiger partial charge on any atom is 0.342 e. The van der Waals surface area contributed by atoms with Crippen LogP contribution in [0.3, 0.4) is 0 Å². The lowest BCUT2D eigenvalue weighted by Gasteiger charge is -2.14. The van der Waals surface area contributed by atoms with Crippen LogP contribution in [0, 0.1) is 17.0 Å². The first-order valence-corrected chi connectivity index (χ1v) is 9.40. The molecule has 0 amide bonds. The number of non-ortho nitro benzene ring substituents is 1. The van der Waals surface area contributed by atoms with Gasteiger partial charge in [-0.05, 0) is 38.1 Å². The number of rotatable bonds is 6. The van der Waals surface area contributed by atoms with Crippen LogP contribution < -0.4 is 4.90 Å². The van der Waals surface area contributed by atoms with E-state index in [0.717, 1.165) is 11.3 Å². The fourth-order valence-corrected chi connectivity index (χ4v) is 3.03. The molecule has 0 aliphatic carbocycles. The Balaban J connectivity index is 2.20. The van der Waals surface area contributed by atoms with Gasteiger partial charge in [-0.15, -0.1) is 0 Å². The van der Waals surface area contributed by atoms with E-state index in [9.17, 15) is 14.9 Å². The van der Waals surface area contributed by atoms with E-state index < -0.39 is 10.9 Å². The second kappa shape index (κ2) is 8.69. The molecule has 0 aliphatic heterocycles. The Kier molecular flexibility index (Phi) is 6.06. The smallest absolute Gasteiger partial charge is 0.342 e. The molecule has 3 aromatic rings. The lowest BCUT2D eigenvalue weighted by molar-refractivity contribution is -0.384. The third-order valence-corrected chi connectivity index (χ3v) is 4.54. The molecule has 0 saturated carbocycles. The van der Waals surface area contributed by atoms with E-state index in [0.29, 0.717) is 22.8 Å². The van der Waals surface area contributed by atoms with Crippen LogP contribution in [0.1, 0.15) is 23.0 Å². The zero-order valence-electron chi connectivity index (χ0n) is 17.2. The average molecular weight is 406 g/mol. The number of aromatic nitrogens is 2. The molecule has 3 rings (SSSR count). The lowest BCUT2D eigenvalue weighted by atomic mass is 10.0. The largest absolute Gasteiger partial charge is 0.462 e. The molecule has 0 fully saturated rings. The first-order chi connectivity index (χ1) is 14.3. The SMILES string of the molecule is CCOC(=O)c1c(C)nc(-c2ccc(N(C)C)cc2)nc1-c1cccc([N+](=O)[O-])c1. The van der Waals surface area contributed by atoms with Gasteiger partial charge in [0.15, 0.2) is 5.82 Å². The number of benzene rings is 2. The summed E-state index contributed by atoms with van der Waals surface area (Å²) in [7, 11) is 3.90. The van der Waals surface area contributed by atoms with E-state index in [1.54, 1.807) is 26.0 Å². The summed E-state index contributed by atoms with van der Waals surface area (Å²) in [5.41, 5.74) is 3.10. The monoisotopic (exact) mass is 406 g/mol. The van der Waals surface area contributed by atoms with Crippen LogP contribution in [0.2, 0.25) is 0 Å². The molecule has 0 N–H and O–H groups in total. The number of hydrogen-bond donors (Lipinski definition) is 0. The molecule has 1 aromatic heterocycles. The minimum absolute atomic E-state index is 0.0875. The highest BCUT2D eigenvalue weighted by Crippen LogP contribution is 2.30. The molecule has 8 heteroatoms. The van der Waals surface area contributed by atoms with Gasteiger partial charge in [0.05, 0.1) is 22.9 Å². The number of nitrogens with zero attached hydrogens (tertiary/aromatic N) is 4. The highest BCUT2D eigenvalue weighted by Gasteiger charge is 2.22. The molecule has 30 heavy (non-hydrogen) atoms. The number of aryl methyl sites for hydroxylation is 1. The van der Waals surface area contributed by atoms with Crippen molar-refractivity contribution >= 4 is 17.3 Å². The fraction of sp³-hybridized carbons (Fsp3) is 0.227. The number of carbonyl (C=O) groups is 1. The van der Waals surface area contributed by atoms with Crippen LogP contribution in [-0.2, 0) is 4.74 Å². The number of hydrogen-bond acceptors (Lipinski definition) is 7. The van der Waals surface area contributed by atoms with Crippen molar-refractivity contribution in [3.8, 4) is 22.6 Å². The van der Waals surface area contributed by atoms with E-state index in [4.69, 9.17) is 4.74 Å². The van der Waals surface area contributed by atoms with Gasteiger partial charge in [0.25, 0.3) is 5.69 Å². The summed E-state index contributed by atoms with van der Waals surface area (Å²) < 4.78 is 5.18. The molecule has 0 bridgehead atoms. The summed E-state index contributed by atoms with van der Waals surface area (Å²) in [5.74, 6) is -0.140. The Bertz CT molecular complexity index is 1090. The lowest BCUT2D eigenvalue weighted by Crippen LogP contribution is -2.12. The first kappa shape index (κ1) is 20.9. The summed E-state index contributed by atoms with van der Waals surface area (Å²) in [6.45, 7) is 3.61. The van der Waals surface area contributed by atoms with Crippen molar-refractivity contribution in [1.29, 1.82) is 0 Å². The van der Waals surface area contributed by atoms with Crippen molar-refractivity contribution < 1.29 is 14.5 Å². The van der Waals surface area contributed by atoms with Gasteiger partial charge in [-0.3, -0.25) is 10.1 Å². The van der Waals surface area contributed by atoms with Crippen LogP contribution in [0.25, 0.3) is 22.6 Å². The van der Waals surface area contributed by atoms with E-state index in [1.165, 1.54) is 12.1 Å². The maximum absolute atomic E-state index is 12.6. The maximum atomic E-state index is 12.6. The van der Waals surface area contributed by atoms with Crippen molar-refractivity contribution in [2.45, 2.75) is 13.8 Å². The Morgan fingerprint density at radius 1 is 1.10 bits per heavy atom. The quantitative estimate of drug-likeness (QED) is 0.342. The van der Waals surface area contributed by atoms with Gasteiger partial charge in [-0.1, -0.05) is 12.1 Å². The van der Waals surface area contributed by atoms with E-state index in [1.807, 2.05) is 43.3 Å². The molecular weight excluding hydrogens is 384 g/mol. The molecule has 0 unspecified atom stereocenters. The Morgan fingerprint density at radius 2 is 1.80 bits per heavy atom. The summed E-state index contributed by atoms with van der Waals surface area (Å²) in [6, 6.07) is 13.7. The van der Waals surface area contributed by atoms with Crippen molar-refractivity contribution in [2.75, 3.05) is 25.6 Å². The second-order valence-electron chi connectivity index (χ2n) is 6.83. The highest BCUT2D eigenvalue weighted by molar-refractivity contribution is 5.97. The minimum Gasteiger partial charge on any atom is -0.462 e. The van der Waals surface area contributed by atoms with E-state index in [-0.39, 0.29) is 17.9 Å². The summed E-state index contributed by atoms with van der Waals surface area (Å²) in [4.78, 5) is 34.4. The number of ether oxygens (including phenoxy) is 1. The molecule has 8 nitrogen and oxygen atoms in total. The molecule has 0 spiro atoms. The van der Waals surface area contributed by atoms with Gasteiger partial charge in [-0.2, -0.15) is 0 Å². The molecule has 0 radical (unpaired) electrons. The summed E-state index contributed by atoms with van der Waals surface area (Å²) in [6.07, 6.45) is 0. The predicted octanol–water partition coefficient (Wildman–Crippen LogP) is 4.27. The molecule has 0 aliphatic rings. The number of carbonyl (C=O) groups excluding carboxylic acids is 1. The number of nitro groups is 1. The average Bonchev–Trinajstić information content (AvgIpc) is 2.73. The van der Waals surface area contributed by atoms with Gasteiger partial charge in [-0.25, -0.2) is 14.8 Å². The Labute approximate surface area is 174 Å².